The summed E-state index contributed by atoms with van der Waals surface area (Å²) in [6.07, 6.45) is 5.16. The molecule has 0 aliphatic heterocycles. The van der Waals surface area contributed by atoms with Crippen LogP contribution in [0.3, 0.4) is 0 Å². The van der Waals surface area contributed by atoms with Crippen molar-refractivity contribution in [1.29, 1.82) is 0 Å². The van der Waals surface area contributed by atoms with Crippen LogP contribution in [0.4, 0.5) is 0 Å². The molecule has 0 fully saturated rings. The zero-order valence-electron chi connectivity index (χ0n) is 14.5. The Morgan fingerprint density at radius 1 is 1.08 bits per heavy atom. The second-order valence-corrected chi connectivity index (χ2v) is 6.62. The van der Waals surface area contributed by atoms with Gasteiger partial charge in [0.1, 0.15) is 6.61 Å². The number of unbranched alkanes of at least 4 members (excludes halogenated alkanes) is 3. The molecule has 1 aromatic carbocycles. The molecular weight excluding hydrogens is 342 g/mol. The Bertz CT molecular complexity index is 560. The summed E-state index contributed by atoms with van der Waals surface area (Å²) in [6, 6.07) is 10.3. The van der Waals surface area contributed by atoms with Gasteiger partial charge in [-0.15, -0.1) is 23.7 Å². The monoisotopic (exact) mass is 369 g/mol. The molecule has 24 heavy (non-hydrogen) atoms. The number of benzene rings is 1. The Hall–Kier alpha value is -1.23. The van der Waals surface area contributed by atoms with Crippen molar-refractivity contribution in [2.45, 2.75) is 45.8 Å². The van der Waals surface area contributed by atoms with E-state index in [0.29, 0.717) is 6.61 Å². The molecule has 0 bridgehead atoms. The Morgan fingerprint density at radius 3 is 2.67 bits per heavy atom. The fourth-order valence-electron chi connectivity index (χ4n) is 2.39. The van der Waals surface area contributed by atoms with Gasteiger partial charge >= 0.3 is 0 Å². The normalized spacial score (nSPS) is 10.2. The molecule has 0 saturated carbocycles. The van der Waals surface area contributed by atoms with Crippen molar-refractivity contribution in [1.82, 2.24) is 5.32 Å². The number of methoxy groups -OCH3 is 1. The standard InChI is InChI=1S/C19H27NO2S.ClH/c1-3-4-5-6-11-20-14-16-9-10-18(19(13-16)21-2)22-15-17-8-7-12-23-17;/h7-10,12-13,20H,3-6,11,14-15H2,1-2H3;1H. The number of thiophene rings is 1. The first kappa shape index (κ1) is 20.8. The minimum absolute atomic E-state index is 0. The van der Waals surface area contributed by atoms with Crippen LogP contribution < -0.4 is 14.8 Å². The van der Waals surface area contributed by atoms with E-state index < -0.39 is 0 Å². The van der Waals surface area contributed by atoms with Crippen LogP contribution >= 0.6 is 23.7 Å². The van der Waals surface area contributed by atoms with Gasteiger partial charge in [-0.05, 0) is 42.1 Å². The Labute approximate surface area is 155 Å². The third-order valence-electron chi connectivity index (χ3n) is 3.71. The van der Waals surface area contributed by atoms with Gasteiger partial charge in [-0.2, -0.15) is 0 Å². The van der Waals surface area contributed by atoms with E-state index in [2.05, 4.69) is 35.8 Å². The van der Waals surface area contributed by atoms with E-state index in [0.717, 1.165) is 24.6 Å². The van der Waals surface area contributed by atoms with E-state index in [4.69, 9.17) is 9.47 Å². The molecule has 0 aliphatic carbocycles. The van der Waals surface area contributed by atoms with Gasteiger partial charge in [0.05, 0.1) is 7.11 Å². The fraction of sp³-hybridized carbons (Fsp3) is 0.474. The molecule has 134 valence electrons. The topological polar surface area (TPSA) is 30.5 Å². The van der Waals surface area contributed by atoms with Crippen LogP contribution in [0.1, 0.15) is 43.0 Å². The lowest BCUT2D eigenvalue weighted by atomic mass is 10.2. The molecule has 0 spiro atoms. The van der Waals surface area contributed by atoms with Crippen molar-refractivity contribution < 1.29 is 9.47 Å². The number of nitrogens with one attached hydrogen (secondary N) is 1. The van der Waals surface area contributed by atoms with Crippen LogP contribution in [0, 0.1) is 0 Å². The summed E-state index contributed by atoms with van der Waals surface area (Å²) < 4.78 is 11.3. The van der Waals surface area contributed by atoms with Crippen LogP contribution in [0.2, 0.25) is 0 Å². The average molecular weight is 370 g/mol. The molecule has 0 aliphatic rings. The summed E-state index contributed by atoms with van der Waals surface area (Å²) in [7, 11) is 1.69. The number of rotatable bonds is 11. The van der Waals surface area contributed by atoms with Gasteiger partial charge in [0, 0.05) is 11.4 Å². The third kappa shape index (κ3) is 7.12. The fourth-order valence-corrected chi connectivity index (χ4v) is 3.01. The molecule has 2 aromatic rings. The summed E-state index contributed by atoms with van der Waals surface area (Å²) in [5.74, 6) is 1.60. The molecule has 0 unspecified atom stereocenters. The van der Waals surface area contributed by atoms with E-state index in [9.17, 15) is 0 Å². The van der Waals surface area contributed by atoms with E-state index in [1.54, 1.807) is 18.4 Å². The lowest BCUT2D eigenvalue weighted by Crippen LogP contribution is -2.14. The number of ether oxygens (including phenoxy) is 2. The molecule has 0 radical (unpaired) electrons. The van der Waals surface area contributed by atoms with Gasteiger partial charge in [-0.1, -0.05) is 38.3 Å². The quantitative estimate of drug-likeness (QED) is 0.536. The van der Waals surface area contributed by atoms with Crippen LogP contribution in [0.15, 0.2) is 35.7 Å². The van der Waals surface area contributed by atoms with Crippen LogP contribution in [0.5, 0.6) is 11.5 Å². The summed E-state index contributed by atoms with van der Waals surface area (Å²) in [4.78, 5) is 1.21. The highest BCUT2D eigenvalue weighted by Gasteiger charge is 2.06. The molecule has 3 nitrogen and oxygen atoms in total. The largest absolute Gasteiger partial charge is 0.493 e. The van der Waals surface area contributed by atoms with Crippen LogP contribution in [0.25, 0.3) is 0 Å². The van der Waals surface area contributed by atoms with Crippen molar-refractivity contribution in [3.05, 3.63) is 46.2 Å². The summed E-state index contributed by atoms with van der Waals surface area (Å²) in [5, 5.41) is 5.55. The van der Waals surface area contributed by atoms with Crippen molar-refractivity contribution in [2.75, 3.05) is 13.7 Å². The molecule has 0 amide bonds. The Morgan fingerprint density at radius 2 is 1.96 bits per heavy atom. The average Bonchev–Trinajstić information content (AvgIpc) is 3.10. The van der Waals surface area contributed by atoms with Crippen molar-refractivity contribution in [2.24, 2.45) is 0 Å². The molecular formula is C19H28ClNO2S. The first-order valence-electron chi connectivity index (χ1n) is 8.36. The molecule has 1 N–H and O–H groups in total. The van der Waals surface area contributed by atoms with Gasteiger partial charge in [-0.25, -0.2) is 0 Å². The predicted molar refractivity (Wildman–Crippen MR) is 105 cm³/mol. The van der Waals surface area contributed by atoms with Gasteiger partial charge in [0.2, 0.25) is 0 Å². The molecule has 0 saturated heterocycles. The Balaban J connectivity index is 0.00000288. The van der Waals surface area contributed by atoms with Gasteiger partial charge in [0.25, 0.3) is 0 Å². The minimum atomic E-state index is 0. The van der Waals surface area contributed by atoms with Crippen LogP contribution in [-0.2, 0) is 13.2 Å². The van der Waals surface area contributed by atoms with Crippen molar-refractivity contribution in [3.8, 4) is 11.5 Å². The molecule has 1 heterocycles. The summed E-state index contributed by atoms with van der Waals surface area (Å²) in [5.41, 5.74) is 1.22. The first-order chi connectivity index (χ1) is 11.3. The lowest BCUT2D eigenvalue weighted by Gasteiger charge is -2.12. The maximum atomic E-state index is 5.86. The smallest absolute Gasteiger partial charge is 0.161 e. The van der Waals surface area contributed by atoms with E-state index in [1.165, 1.54) is 36.1 Å². The van der Waals surface area contributed by atoms with Gasteiger partial charge in [-0.3, -0.25) is 0 Å². The highest BCUT2D eigenvalue weighted by Crippen LogP contribution is 2.29. The third-order valence-corrected chi connectivity index (χ3v) is 4.56. The van der Waals surface area contributed by atoms with Gasteiger partial charge in [0.15, 0.2) is 11.5 Å². The van der Waals surface area contributed by atoms with E-state index >= 15 is 0 Å². The van der Waals surface area contributed by atoms with Crippen LogP contribution in [-0.4, -0.2) is 13.7 Å². The zero-order chi connectivity index (χ0) is 16.3. The number of hydrogen-bond acceptors (Lipinski definition) is 4. The van der Waals surface area contributed by atoms with E-state index in [1.807, 2.05) is 12.1 Å². The molecule has 2 rings (SSSR count). The summed E-state index contributed by atoms with van der Waals surface area (Å²) >= 11 is 1.70. The maximum Gasteiger partial charge on any atom is 0.161 e. The molecule has 5 heteroatoms. The maximum absolute atomic E-state index is 5.86. The molecule has 0 atom stereocenters. The number of halogens is 1. The highest BCUT2D eigenvalue weighted by molar-refractivity contribution is 7.09. The first-order valence-corrected chi connectivity index (χ1v) is 9.24. The van der Waals surface area contributed by atoms with E-state index in [-0.39, 0.29) is 12.4 Å². The predicted octanol–water partition coefficient (Wildman–Crippen LogP) is 5.43. The zero-order valence-corrected chi connectivity index (χ0v) is 16.2. The second kappa shape index (κ2) is 12.2. The minimum Gasteiger partial charge on any atom is -0.493 e. The lowest BCUT2D eigenvalue weighted by molar-refractivity contribution is 0.287. The van der Waals surface area contributed by atoms with Crippen molar-refractivity contribution in [3.63, 3.8) is 0 Å². The van der Waals surface area contributed by atoms with Gasteiger partial charge < -0.3 is 14.8 Å². The second-order valence-electron chi connectivity index (χ2n) is 5.59. The molecule has 1 aromatic heterocycles. The Kier molecular flexibility index (Phi) is 10.6. The number of hydrogen-bond donors (Lipinski definition) is 1. The summed E-state index contributed by atoms with van der Waals surface area (Å²) in [6.45, 7) is 4.76. The highest BCUT2D eigenvalue weighted by atomic mass is 35.5. The van der Waals surface area contributed by atoms with Crippen molar-refractivity contribution >= 4 is 23.7 Å². The SMILES string of the molecule is CCCCCCNCc1ccc(OCc2cccs2)c(OC)c1.Cl.